The molecule has 0 fully saturated rings. The Morgan fingerprint density at radius 1 is 1.33 bits per heavy atom. The second kappa shape index (κ2) is 5.18. The number of aromatic nitrogens is 2. The Kier molecular flexibility index (Phi) is 3.62. The quantitative estimate of drug-likeness (QED) is 0.891. The molecule has 2 N–H and O–H groups in total. The van der Waals surface area contributed by atoms with E-state index in [4.69, 9.17) is 10.2 Å². The van der Waals surface area contributed by atoms with Crippen LogP contribution in [0.4, 0.5) is 5.95 Å². The summed E-state index contributed by atoms with van der Waals surface area (Å²) < 4.78 is 5.52. The lowest BCUT2D eigenvalue weighted by atomic mass is 10.3. The largest absolute Gasteiger partial charge is 0.461 e. The van der Waals surface area contributed by atoms with E-state index in [0.717, 1.165) is 23.6 Å². The van der Waals surface area contributed by atoms with Gasteiger partial charge in [0.2, 0.25) is 5.95 Å². The molecule has 0 radical (unpaired) electrons. The van der Waals surface area contributed by atoms with E-state index in [1.807, 2.05) is 37.9 Å². The van der Waals surface area contributed by atoms with Gasteiger partial charge in [-0.2, -0.15) is 0 Å². The molecule has 0 saturated carbocycles. The molecule has 96 valence electrons. The van der Waals surface area contributed by atoms with E-state index in [1.165, 1.54) is 0 Å². The van der Waals surface area contributed by atoms with Gasteiger partial charge in [-0.15, -0.1) is 0 Å². The van der Waals surface area contributed by atoms with E-state index in [2.05, 4.69) is 9.97 Å². The highest BCUT2D eigenvalue weighted by molar-refractivity contribution is 5.55. The summed E-state index contributed by atoms with van der Waals surface area (Å²) in [5.74, 6) is 2.33. The third kappa shape index (κ3) is 2.87. The first-order valence-electron chi connectivity index (χ1n) is 5.92. The molecule has 0 saturated heterocycles. The van der Waals surface area contributed by atoms with Crippen LogP contribution in [0.15, 0.2) is 28.9 Å². The van der Waals surface area contributed by atoms with Crippen molar-refractivity contribution in [2.75, 3.05) is 18.5 Å². The van der Waals surface area contributed by atoms with Crippen LogP contribution < -0.4 is 10.6 Å². The number of likely N-dealkylation sites (N-methyl/N-ethyl adjacent to an activating group) is 1. The Hall–Kier alpha value is -1.88. The van der Waals surface area contributed by atoms with Crippen molar-refractivity contribution >= 4 is 5.95 Å². The minimum absolute atomic E-state index is 0.0889. The summed E-state index contributed by atoms with van der Waals surface area (Å²) >= 11 is 0. The number of hydrogen-bond acceptors (Lipinski definition) is 5. The molecule has 18 heavy (non-hydrogen) atoms. The van der Waals surface area contributed by atoms with Crippen LogP contribution in [-0.2, 0) is 0 Å². The first kappa shape index (κ1) is 12.6. The average Bonchev–Trinajstić information content (AvgIpc) is 2.75. The summed E-state index contributed by atoms with van der Waals surface area (Å²) in [5, 5.41) is 0. The van der Waals surface area contributed by atoms with Crippen molar-refractivity contribution < 1.29 is 4.42 Å². The maximum absolute atomic E-state index is 5.74. The van der Waals surface area contributed by atoms with Crippen LogP contribution in [0.2, 0.25) is 0 Å². The van der Waals surface area contributed by atoms with Crippen LogP contribution in [0.25, 0.3) is 11.3 Å². The minimum atomic E-state index is 0.0889. The number of nitrogens with two attached hydrogens (primary N) is 1. The highest BCUT2D eigenvalue weighted by Gasteiger charge is 2.08. The molecule has 5 nitrogen and oxygen atoms in total. The van der Waals surface area contributed by atoms with E-state index >= 15 is 0 Å². The van der Waals surface area contributed by atoms with Crippen LogP contribution in [0, 0.1) is 6.92 Å². The Morgan fingerprint density at radius 2 is 2.00 bits per heavy atom. The molecule has 1 unspecified atom stereocenters. The summed E-state index contributed by atoms with van der Waals surface area (Å²) in [6.45, 7) is 4.59. The van der Waals surface area contributed by atoms with Gasteiger partial charge >= 0.3 is 0 Å². The van der Waals surface area contributed by atoms with Gasteiger partial charge in [-0.25, -0.2) is 9.97 Å². The van der Waals surface area contributed by atoms with Crippen molar-refractivity contribution in [3.63, 3.8) is 0 Å². The molecule has 2 aromatic heterocycles. The van der Waals surface area contributed by atoms with E-state index in [-0.39, 0.29) is 6.04 Å². The van der Waals surface area contributed by atoms with Crippen LogP contribution in [0.3, 0.4) is 0 Å². The van der Waals surface area contributed by atoms with Crippen molar-refractivity contribution in [2.24, 2.45) is 5.73 Å². The fourth-order valence-corrected chi connectivity index (χ4v) is 1.75. The zero-order valence-corrected chi connectivity index (χ0v) is 10.9. The monoisotopic (exact) mass is 246 g/mol. The van der Waals surface area contributed by atoms with Gasteiger partial charge in [-0.05, 0) is 26.0 Å². The second-order valence-corrected chi connectivity index (χ2v) is 4.54. The topological polar surface area (TPSA) is 68.2 Å². The fourth-order valence-electron chi connectivity index (χ4n) is 1.75. The van der Waals surface area contributed by atoms with Crippen LogP contribution in [0.1, 0.15) is 12.7 Å². The van der Waals surface area contributed by atoms with Crippen molar-refractivity contribution in [1.29, 1.82) is 0 Å². The molecule has 0 spiro atoms. The summed E-state index contributed by atoms with van der Waals surface area (Å²) in [6, 6.07) is 3.93. The van der Waals surface area contributed by atoms with Gasteiger partial charge in [-0.3, -0.25) is 0 Å². The molecule has 0 aliphatic carbocycles. The third-order valence-electron chi connectivity index (χ3n) is 2.57. The van der Waals surface area contributed by atoms with Gasteiger partial charge in [0.05, 0.1) is 5.56 Å². The molecule has 2 rings (SSSR count). The van der Waals surface area contributed by atoms with Gasteiger partial charge in [0.15, 0.2) is 0 Å². The molecule has 0 aromatic carbocycles. The van der Waals surface area contributed by atoms with Crippen molar-refractivity contribution in [1.82, 2.24) is 9.97 Å². The molecule has 1 atom stereocenters. The first-order chi connectivity index (χ1) is 8.56. The predicted molar refractivity (Wildman–Crippen MR) is 71.4 cm³/mol. The van der Waals surface area contributed by atoms with Gasteiger partial charge in [-0.1, -0.05) is 0 Å². The van der Waals surface area contributed by atoms with E-state index in [1.54, 1.807) is 12.4 Å². The lowest BCUT2D eigenvalue weighted by molar-refractivity contribution is 0.548. The van der Waals surface area contributed by atoms with Crippen LogP contribution >= 0.6 is 0 Å². The molecule has 0 amide bonds. The summed E-state index contributed by atoms with van der Waals surface area (Å²) in [7, 11) is 1.93. The third-order valence-corrected chi connectivity index (χ3v) is 2.57. The second-order valence-electron chi connectivity index (χ2n) is 4.54. The zero-order valence-electron chi connectivity index (χ0n) is 10.9. The molecule has 2 aromatic rings. The Bertz CT molecular complexity index is 504. The standard InChI is InChI=1S/C13H18N4O/c1-9(14)8-17(3)13-15-6-11(7-16-13)12-5-4-10(2)18-12/h4-7,9H,8,14H2,1-3H3. The molecule has 5 heteroatoms. The maximum Gasteiger partial charge on any atom is 0.225 e. The van der Waals surface area contributed by atoms with Crippen LogP contribution in [0.5, 0.6) is 0 Å². The minimum Gasteiger partial charge on any atom is -0.461 e. The summed E-state index contributed by atoms with van der Waals surface area (Å²) in [4.78, 5) is 10.6. The predicted octanol–water partition coefficient (Wildman–Crippen LogP) is 1.83. The number of aryl methyl sites for hydroxylation is 1. The Morgan fingerprint density at radius 3 is 2.50 bits per heavy atom. The highest BCUT2D eigenvalue weighted by Crippen LogP contribution is 2.21. The van der Waals surface area contributed by atoms with Gasteiger partial charge < -0.3 is 15.1 Å². The molecule has 0 aliphatic rings. The molecular weight excluding hydrogens is 228 g/mol. The smallest absolute Gasteiger partial charge is 0.225 e. The average molecular weight is 246 g/mol. The van der Waals surface area contributed by atoms with Crippen LogP contribution in [-0.4, -0.2) is 29.6 Å². The first-order valence-corrected chi connectivity index (χ1v) is 5.92. The fraction of sp³-hybridized carbons (Fsp3) is 0.385. The molecule has 2 heterocycles. The van der Waals surface area contributed by atoms with Crippen molar-refractivity contribution in [3.8, 4) is 11.3 Å². The van der Waals surface area contributed by atoms with E-state index in [9.17, 15) is 0 Å². The summed E-state index contributed by atoms with van der Waals surface area (Å²) in [5.41, 5.74) is 6.62. The highest BCUT2D eigenvalue weighted by atomic mass is 16.3. The van der Waals surface area contributed by atoms with Crippen molar-refractivity contribution in [2.45, 2.75) is 19.9 Å². The lowest BCUT2D eigenvalue weighted by Crippen LogP contribution is -2.33. The number of furan rings is 1. The molecule has 0 bridgehead atoms. The SMILES string of the molecule is Cc1ccc(-c2cnc(N(C)CC(C)N)nc2)o1. The normalized spacial score (nSPS) is 12.4. The summed E-state index contributed by atoms with van der Waals surface area (Å²) in [6.07, 6.45) is 3.52. The van der Waals surface area contributed by atoms with Gasteiger partial charge in [0, 0.05) is 32.0 Å². The Balaban J connectivity index is 2.15. The van der Waals surface area contributed by atoms with Gasteiger partial charge in [0.25, 0.3) is 0 Å². The molecule has 0 aliphatic heterocycles. The number of anilines is 1. The van der Waals surface area contributed by atoms with Crippen molar-refractivity contribution in [3.05, 3.63) is 30.3 Å². The molecular formula is C13H18N4O. The number of rotatable bonds is 4. The number of hydrogen-bond donors (Lipinski definition) is 1. The van der Waals surface area contributed by atoms with E-state index < -0.39 is 0 Å². The van der Waals surface area contributed by atoms with E-state index in [0.29, 0.717) is 5.95 Å². The maximum atomic E-state index is 5.74. The lowest BCUT2D eigenvalue weighted by Gasteiger charge is -2.18. The zero-order chi connectivity index (χ0) is 13.1. The Labute approximate surface area is 107 Å². The van der Waals surface area contributed by atoms with Gasteiger partial charge in [0.1, 0.15) is 11.5 Å². The number of nitrogens with zero attached hydrogens (tertiary/aromatic N) is 3.